The zero-order chi connectivity index (χ0) is 17.2. The fourth-order valence-electron chi connectivity index (χ4n) is 4.57. The van der Waals surface area contributed by atoms with Gasteiger partial charge in [0.1, 0.15) is 0 Å². The van der Waals surface area contributed by atoms with Gasteiger partial charge in [0.25, 0.3) is 0 Å². The molecule has 1 amide bonds. The maximum atomic E-state index is 12.3. The van der Waals surface area contributed by atoms with Gasteiger partial charge in [-0.15, -0.1) is 0 Å². The quantitative estimate of drug-likeness (QED) is 0.877. The summed E-state index contributed by atoms with van der Waals surface area (Å²) in [6, 6.07) is 7.44. The second-order valence-corrected chi connectivity index (χ2v) is 7.85. The van der Waals surface area contributed by atoms with Crippen LogP contribution in [0, 0.1) is 0 Å². The number of carbonyl (C=O) groups excluding carboxylic acids is 1. The minimum atomic E-state index is 0.221. The molecular weight excluding hydrogens is 310 g/mol. The van der Waals surface area contributed by atoms with Gasteiger partial charge in [0.05, 0.1) is 0 Å². The number of hydrogen-bond donors (Lipinski definition) is 2. The van der Waals surface area contributed by atoms with Crippen LogP contribution in [0.25, 0.3) is 10.9 Å². The highest BCUT2D eigenvalue weighted by Gasteiger charge is 2.25. The molecular formula is C21H29N3O. The number of likely N-dealkylation sites (N-methyl/N-ethyl adjacent to an activating group) is 1. The Morgan fingerprint density at radius 2 is 2.00 bits per heavy atom. The Kier molecular flexibility index (Phi) is 4.80. The van der Waals surface area contributed by atoms with E-state index in [1.807, 2.05) is 0 Å². The zero-order valence-electron chi connectivity index (χ0n) is 15.2. The van der Waals surface area contributed by atoms with Crippen molar-refractivity contribution in [1.29, 1.82) is 0 Å². The van der Waals surface area contributed by atoms with Gasteiger partial charge in [-0.05, 0) is 49.9 Å². The van der Waals surface area contributed by atoms with Crippen LogP contribution in [0.2, 0.25) is 0 Å². The molecule has 2 aliphatic carbocycles. The molecule has 134 valence electrons. The first-order valence-corrected chi connectivity index (χ1v) is 9.78. The molecule has 0 radical (unpaired) electrons. The van der Waals surface area contributed by atoms with E-state index in [1.165, 1.54) is 41.3 Å². The van der Waals surface area contributed by atoms with Crippen molar-refractivity contribution in [3.63, 3.8) is 0 Å². The third-order valence-corrected chi connectivity index (χ3v) is 6.07. The number of aromatic amines is 1. The first-order valence-electron chi connectivity index (χ1n) is 9.78. The van der Waals surface area contributed by atoms with Gasteiger partial charge in [0.15, 0.2) is 0 Å². The predicted molar refractivity (Wildman–Crippen MR) is 102 cm³/mol. The summed E-state index contributed by atoms with van der Waals surface area (Å²) in [5, 5.41) is 4.65. The van der Waals surface area contributed by atoms with Crippen molar-refractivity contribution in [2.75, 3.05) is 13.6 Å². The SMILES string of the molecule is CN(CCC(=O)NC1CCCCC1)[C@@H]1Cc2cccc3[nH]cc(c23)C1. The average molecular weight is 339 g/mol. The number of carbonyl (C=O) groups is 1. The third-order valence-electron chi connectivity index (χ3n) is 6.07. The summed E-state index contributed by atoms with van der Waals surface area (Å²) in [5.74, 6) is 0.221. The molecule has 2 N–H and O–H groups in total. The molecule has 0 spiro atoms. The molecule has 4 nitrogen and oxygen atoms in total. The van der Waals surface area contributed by atoms with Crippen molar-refractivity contribution in [1.82, 2.24) is 15.2 Å². The van der Waals surface area contributed by atoms with Crippen molar-refractivity contribution in [3.05, 3.63) is 35.5 Å². The van der Waals surface area contributed by atoms with Crippen molar-refractivity contribution in [3.8, 4) is 0 Å². The number of hydrogen-bond acceptors (Lipinski definition) is 2. The van der Waals surface area contributed by atoms with Crippen molar-refractivity contribution < 1.29 is 4.79 Å². The summed E-state index contributed by atoms with van der Waals surface area (Å²) in [6.07, 6.45) is 11.1. The third kappa shape index (κ3) is 3.59. The number of rotatable bonds is 5. The first-order chi connectivity index (χ1) is 12.2. The second kappa shape index (κ2) is 7.20. The minimum absolute atomic E-state index is 0.221. The van der Waals surface area contributed by atoms with E-state index in [0.717, 1.165) is 32.2 Å². The van der Waals surface area contributed by atoms with E-state index in [4.69, 9.17) is 0 Å². The van der Waals surface area contributed by atoms with Gasteiger partial charge >= 0.3 is 0 Å². The molecule has 1 saturated carbocycles. The smallest absolute Gasteiger partial charge is 0.221 e. The van der Waals surface area contributed by atoms with Crippen LogP contribution in [0.5, 0.6) is 0 Å². The number of nitrogens with one attached hydrogen (secondary N) is 2. The Morgan fingerprint density at radius 1 is 1.20 bits per heavy atom. The van der Waals surface area contributed by atoms with Gasteiger partial charge in [-0.3, -0.25) is 4.79 Å². The van der Waals surface area contributed by atoms with Gasteiger partial charge in [0.2, 0.25) is 5.91 Å². The van der Waals surface area contributed by atoms with E-state index in [9.17, 15) is 4.79 Å². The maximum Gasteiger partial charge on any atom is 0.221 e. The summed E-state index contributed by atoms with van der Waals surface area (Å²) < 4.78 is 0. The maximum absolute atomic E-state index is 12.3. The summed E-state index contributed by atoms with van der Waals surface area (Å²) in [6.45, 7) is 0.832. The lowest BCUT2D eigenvalue weighted by Gasteiger charge is -2.31. The van der Waals surface area contributed by atoms with Gasteiger partial charge in [0, 0.05) is 42.1 Å². The molecule has 0 aliphatic heterocycles. The zero-order valence-corrected chi connectivity index (χ0v) is 15.2. The van der Waals surface area contributed by atoms with Crippen molar-refractivity contribution in [2.24, 2.45) is 0 Å². The summed E-state index contributed by atoms with van der Waals surface area (Å²) in [4.78, 5) is 18.0. The Bertz CT molecular complexity index is 745. The number of aromatic nitrogens is 1. The highest BCUT2D eigenvalue weighted by molar-refractivity contribution is 5.87. The number of benzene rings is 1. The van der Waals surface area contributed by atoms with E-state index < -0.39 is 0 Å². The van der Waals surface area contributed by atoms with Gasteiger partial charge < -0.3 is 15.2 Å². The van der Waals surface area contributed by atoms with Crippen LogP contribution >= 0.6 is 0 Å². The normalized spacial score (nSPS) is 21.0. The largest absolute Gasteiger partial charge is 0.361 e. The molecule has 4 rings (SSSR count). The number of amides is 1. The standard InChI is InChI=1S/C21H29N3O/c1-24(11-10-20(25)23-17-7-3-2-4-8-17)18-12-15-6-5-9-19-21(15)16(13-18)14-22-19/h5-6,9,14,17-18,22H,2-4,7-8,10-13H2,1H3,(H,23,25)/t18-/m1/s1. The van der Waals surface area contributed by atoms with Gasteiger partial charge in [-0.1, -0.05) is 31.4 Å². The van der Waals surface area contributed by atoms with Crippen LogP contribution in [-0.4, -0.2) is 41.5 Å². The lowest BCUT2D eigenvalue weighted by molar-refractivity contribution is -0.122. The summed E-state index contributed by atoms with van der Waals surface area (Å²) in [5.41, 5.74) is 4.10. The summed E-state index contributed by atoms with van der Waals surface area (Å²) in [7, 11) is 2.16. The van der Waals surface area contributed by atoms with Crippen LogP contribution in [-0.2, 0) is 17.6 Å². The molecule has 0 unspecified atom stereocenters. The lowest BCUT2D eigenvalue weighted by atomic mass is 9.88. The molecule has 1 aromatic heterocycles. The Morgan fingerprint density at radius 3 is 2.84 bits per heavy atom. The Labute approximate surface area is 150 Å². The van der Waals surface area contributed by atoms with Crippen molar-refractivity contribution >= 4 is 16.8 Å². The molecule has 1 fully saturated rings. The Balaban J connectivity index is 1.31. The highest BCUT2D eigenvalue weighted by atomic mass is 16.1. The van der Waals surface area contributed by atoms with E-state index in [2.05, 4.69) is 46.6 Å². The van der Waals surface area contributed by atoms with E-state index in [-0.39, 0.29) is 5.91 Å². The molecule has 2 aromatic rings. The monoisotopic (exact) mass is 339 g/mol. The van der Waals surface area contributed by atoms with Crippen molar-refractivity contribution in [2.45, 2.75) is 63.5 Å². The number of nitrogens with zero attached hydrogens (tertiary/aromatic N) is 1. The molecule has 0 saturated heterocycles. The van der Waals surface area contributed by atoms with Crippen LogP contribution in [0.3, 0.4) is 0 Å². The van der Waals surface area contributed by atoms with Crippen LogP contribution in [0.1, 0.15) is 49.7 Å². The fraction of sp³-hybridized carbons (Fsp3) is 0.571. The molecule has 1 atom stereocenters. The van der Waals surface area contributed by atoms with E-state index >= 15 is 0 Å². The second-order valence-electron chi connectivity index (χ2n) is 7.85. The fourth-order valence-corrected chi connectivity index (χ4v) is 4.57. The first kappa shape index (κ1) is 16.6. The van der Waals surface area contributed by atoms with Crippen LogP contribution in [0.15, 0.2) is 24.4 Å². The minimum Gasteiger partial charge on any atom is -0.361 e. The molecule has 2 aliphatic rings. The van der Waals surface area contributed by atoms with Crippen LogP contribution in [0.4, 0.5) is 0 Å². The molecule has 4 heteroatoms. The topological polar surface area (TPSA) is 48.1 Å². The predicted octanol–water partition coefficient (Wildman–Crippen LogP) is 3.41. The highest BCUT2D eigenvalue weighted by Crippen LogP contribution is 2.31. The van der Waals surface area contributed by atoms with E-state index in [1.54, 1.807) is 0 Å². The molecule has 0 bridgehead atoms. The van der Waals surface area contributed by atoms with Gasteiger partial charge in [-0.25, -0.2) is 0 Å². The van der Waals surface area contributed by atoms with Crippen LogP contribution < -0.4 is 5.32 Å². The molecule has 1 aromatic carbocycles. The Hall–Kier alpha value is -1.81. The molecule has 25 heavy (non-hydrogen) atoms. The average Bonchev–Trinajstić information content (AvgIpc) is 3.05. The number of H-pyrrole nitrogens is 1. The van der Waals surface area contributed by atoms with Gasteiger partial charge in [-0.2, -0.15) is 0 Å². The van der Waals surface area contributed by atoms with E-state index in [0.29, 0.717) is 18.5 Å². The summed E-state index contributed by atoms with van der Waals surface area (Å²) >= 11 is 0. The molecule has 1 heterocycles. The lowest BCUT2D eigenvalue weighted by Crippen LogP contribution is -2.41.